The molecule has 41 heavy (non-hydrogen) atoms. The Labute approximate surface area is 231 Å². The molecule has 5 rings (SSSR count). The first-order chi connectivity index (χ1) is 19.3. The number of benzene rings is 2. The highest BCUT2D eigenvalue weighted by atomic mass is 19.4. The molecule has 5 nitrogen and oxygen atoms in total. The van der Waals surface area contributed by atoms with Crippen molar-refractivity contribution >= 4 is 23.2 Å². The van der Waals surface area contributed by atoms with E-state index in [9.17, 15) is 40.3 Å². The minimum Gasteiger partial charge on any atom is -0.496 e. The molecule has 12 heteroatoms. The van der Waals surface area contributed by atoms with Gasteiger partial charge < -0.3 is 10.1 Å². The lowest BCUT2D eigenvalue weighted by Crippen LogP contribution is -2.30. The van der Waals surface area contributed by atoms with Crippen molar-refractivity contribution in [3.63, 3.8) is 0 Å². The van der Waals surface area contributed by atoms with Gasteiger partial charge in [-0.05, 0) is 79.7 Å². The van der Waals surface area contributed by atoms with Gasteiger partial charge in [0.2, 0.25) is 5.91 Å². The highest BCUT2D eigenvalue weighted by molar-refractivity contribution is 6.16. The van der Waals surface area contributed by atoms with E-state index in [1.807, 2.05) is 5.32 Å². The van der Waals surface area contributed by atoms with Gasteiger partial charge in [0.1, 0.15) is 17.1 Å². The van der Waals surface area contributed by atoms with Crippen LogP contribution in [-0.2, 0) is 11.0 Å². The first kappa shape index (κ1) is 29.1. The van der Waals surface area contributed by atoms with E-state index in [1.54, 1.807) is 6.07 Å². The number of hydrogen-bond donors (Lipinski definition) is 1. The number of anilines is 1. The van der Waals surface area contributed by atoms with Crippen molar-refractivity contribution in [2.24, 2.45) is 22.7 Å². The second kappa shape index (κ2) is 10.8. The third-order valence-corrected chi connectivity index (χ3v) is 8.52. The van der Waals surface area contributed by atoms with E-state index in [1.165, 1.54) is 19.2 Å². The molecule has 0 saturated heterocycles. The van der Waals surface area contributed by atoms with E-state index in [-0.39, 0.29) is 35.1 Å². The van der Waals surface area contributed by atoms with Crippen LogP contribution in [0.2, 0.25) is 0 Å². The molecule has 1 N–H and O–H groups in total. The number of halogens is 7. The van der Waals surface area contributed by atoms with E-state index in [0.29, 0.717) is 30.9 Å². The molecule has 3 unspecified atom stereocenters. The molecule has 2 bridgehead atoms. The third kappa shape index (κ3) is 5.70. The quantitative estimate of drug-likeness (QED) is 0.280. The Morgan fingerprint density at radius 1 is 0.951 bits per heavy atom. The van der Waals surface area contributed by atoms with Crippen LogP contribution in [0.3, 0.4) is 0 Å². The molecule has 3 aliphatic rings. The summed E-state index contributed by atoms with van der Waals surface area (Å²) in [6.07, 6.45) is -5.69. The number of rotatable bonds is 6. The first-order valence-corrected chi connectivity index (χ1v) is 13.4. The average molecular weight is 585 g/mol. The standard InChI is InChI=1S/C29H27F7N2O3/c1-41-22-10-7-16(15-3-2-4-15)13-20(22)27(40)37-24-18(8-9-21(30)23(24)28(31,32)33)25(29(34,35)36)38-26(39)19-12-14-5-6-17(19)11-14/h7-10,13-15,17,19H,2-6,11-12H2,1H3,(H,37,40). The summed E-state index contributed by atoms with van der Waals surface area (Å²) in [6, 6.07) is 5.21. The lowest BCUT2D eigenvalue weighted by atomic mass is 9.79. The highest BCUT2D eigenvalue weighted by Gasteiger charge is 2.47. The van der Waals surface area contributed by atoms with E-state index in [2.05, 4.69) is 4.99 Å². The summed E-state index contributed by atoms with van der Waals surface area (Å²) >= 11 is 0. The molecular formula is C29H27F7N2O3. The van der Waals surface area contributed by atoms with Gasteiger partial charge in [0, 0.05) is 11.5 Å². The first-order valence-electron chi connectivity index (χ1n) is 13.4. The largest absolute Gasteiger partial charge is 0.496 e. The molecule has 2 aromatic carbocycles. The number of nitrogens with zero attached hydrogens (tertiary/aromatic N) is 1. The Hall–Kier alpha value is -3.44. The second-order valence-corrected chi connectivity index (χ2v) is 11.0. The predicted molar refractivity (Wildman–Crippen MR) is 135 cm³/mol. The molecule has 3 saturated carbocycles. The zero-order valence-electron chi connectivity index (χ0n) is 22.0. The zero-order valence-corrected chi connectivity index (χ0v) is 22.0. The van der Waals surface area contributed by atoms with Crippen LogP contribution in [0.4, 0.5) is 36.4 Å². The van der Waals surface area contributed by atoms with Crippen LogP contribution < -0.4 is 10.1 Å². The van der Waals surface area contributed by atoms with Gasteiger partial charge in [0.05, 0.1) is 18.4 Å². The number of ether oxygens (including phenoxy) is 1. The number of hydrogen-bond acceptors (Lipinski definition) is 3. The molecule has 2 amide bonds. The summed E-state index contributed by atoms with van der Waals surface area (Å²) in [5.41, 5.74) is -6.29. The molecule has 220 valence electrons. The Balaban J connectivity index is 1.61. The maximum absolute atomic E-state index is 14.6. The van der Waals surface area contributed by atoms with Gasteiger partial charge >= 0.3 is 12.4 Å². The normalized spacial score (nSPS) is 22.9. The van der Waals surface area contributed by atoms with Gasteiger partial charge in [-0.15, -0.1) is 0 Å². The summed E-state index contributed by atoms with van der Waals surface area (Å²) in [5, 5.41) is 1.87. The van der Waals surface area contributed by atoms with Gasteiger partial charge in [-0.3, -0.25) is 9.59 Å². The van der Waals surface area contributed by atoms with Crippen LogP contribution in [0.1, 0.15) is 77.9 Å². The average Bonchev–Trinajstić information content (AvgIpc) is 3.49. The molecule has 0 aliphatic heterocycles. The second-order valence-electron chi connectivity index (χ2n) is 11.0. The topological polar surface area (TPSA) is 67.8 Å². The molecule has 0 aromatic heterocycles. The number of carbonyl (C=O) groups excluding carboxylic acids is 2. The Kier molecular flexibility index (Phi) is 7.63. The monoisotopic (exact) mass is 584 g/mol. The summed E-state index contributed by atoms with van der Waals surface area (Å²) in [5.74, 6) is -4.85. The smallest absolute Gasteiger partial charge is 0.434 e. The molecular weight excluding hydrogens is 557 g/mol. The number of amides is 2. The predicted octanol–water partition coefficient (Wildman–Crippen LogP) is 7.69. The number of nitrogens with one attached hydrogen (secondary N) is 1. The summed E-state index contributed by atoms with van der Waals surface area (Å²) in [4.78, 5) is 29.5. The van der Waals surface area contributed by atoms with Crippen molar-refractivity contribution < 1.29 is 45.1 Å². The van der Waals surface area contributed by atoms with Crippen LogP contribution in [0.5, 0.6) is 5.75 Å². The van der Waals surface area contributed by atoms with Crippen LogP contribution in [0.15, 0.2) is 35.3 Å². The van der Waals surface area contributed by atoms with Crippen LogP contribution >= 0.6 is 0 Å². The van der Waals surface area contributed by atoms with E-state index >= 15 is 0 Å². The molecule has 3 atom stereocenters. The van der Waals surface area contributed by atoms with Gasteiger partial charge in [-0.2, -0.15) is 26.3 Å². The van der Waals surface area contributed by atoms with E-state index in [0.717, 1.165) is 25.7 Å². The Morgan fingerprint density at radius 2 is 1.68 bits per heavy atom. The van der Waals surface area contributed by atoms with E-state index in [4.69, 9.17) is 4.74 Å². The van der Waals surface area contributed by atoms with Crippen molar-refractivity contribution in [3.8, 4) is 5.75 Å². The van der Waals surface area contributed by atoms with Gasteiger partial charge in [-0.25, -0.2) is 9.38 Å². The molecule has 0 heterocycles. The number of fused-ring (bicyclic) bond motifs is 2. The Morgan fingerprint density at radius 3 is 2.22 bits per heavy atom. The summed E-state index contributed by atoms with van der Waals surface area (Å²) < 4.78 is 105. The van der Waals surface area contributed by atoms with Crippen molar-refractivity contribution in [1.29, 1.82) is 0 Å². The zero-order chi connectivity index (χ0) is 29.7. The molecule has 2 aromatic rings. The van der Waals surface area contributed by atoms with Crippen LogP contribution in [-0.4, -0.2) is 30.8 Å². The Bertz CT molecular complexity index is 1400. The lowest BCUT2D eigenvalue weighted by Gasteiger charge is -2.26. The fourth-order valence-electron chi connectivity index (χ4n) is 6.28. The van der Waals surface area contributed by atoms with Gasteiger partial charge in [0.15, 0.2) is 5.71 Å². The number of alkyl halides is 6. The van der Waals surface area contributed by atoms with Crippen molar-refractivity contribution in [3.05, 3.63) is 58.4 Å². The molecule has 3 fully saturated rings. The van der Waals surface area contributed by atoms with Crippen molar-refractivity contribution in [2.45, 2.75) is 63.2 Å². The minimum absolute atomic E-state index is 0.0340. The van der Waals surface area contributed by atoms with E-state index < -0.39 is 58.4 Å². The maximum atomic E-state index is 14.6. The SMILES string of the molecule is COc1ccc(C2CCC2)cc1C(=O)Nc1c(C(=NC(=O)C2CC3CCC2C3)C(F)(F)F)ccc(F)c1C(F)(F)F. The van der Waals surface area contributed by atoms with Crippen LogP contribution in [0.25, 0.3) is 0 Å². The highest BCUT2D eigenvalue weighted by Crippen LogP contribution is 2.49. The molecule has 0 radical (unpaired) electrons. The maximum Gasteiger partial charge on any atom is 0.434 e. The van der Waals surface area contributed by atoms with Crippen molar-refractivity contribution in [1.82, 2.24) is 0 Å². The summed E-state index contributed by atoms with van der Waals surface area (Å²) in [6.45, 7) is 0. The number of carbonyl (C=O) groups is 2. The third-order valence-electron chi connectivity index (χ3n) is 8.52. The van der Waals surface area contributed by atoms with Gasteiger partial charge in [-0.1, -0.05) is 18.9 Å². The lowest BCUT2D eigenvalue weighted by molar-refractivity contribution is -0.139. The number of aliphatic imine (C=N–C) groups is 1. The minimum atomic E-state index is -5.49. The molecule has 3 aliphatic carbocycles. The van der Waals surface area contributed by atoms with Crippen LogP contribution in [0, 0.1) is 23.6 Å². The fraction of sp³-hybridized carbons (Fsp3) is 0.483. The molecule has 0 spiro atoms. The summed E-state index contributed by atoms with van der Waals surface area (Å²) in [7, 11) is 1.22. The fourth-order valence-corrected chi connectivity index (χ4v) is 6.28. The van der Waals surface area contributed by atoms with Gasteiger partial charge in [0.25, 0.3) is 5.91 Å². The number of methoxy groups -OCH3 is 1. The van der Waals surface area contributed by atoms with Crippen molar-refractivity contribution in [2.75, 3.05) is 12.4 Å².